The first-order chi connectivity index (χ1) is 12.4. The molecule has 26 heavy (non-hydrogen) atoms. The zero-order chi connectivity index (χ0) is 19.0. The number of anilines is 1. The molecule has 0 bridgehead atoms. The predicted octanol–water partition coefficient (Wildman–Crippen LogP) is 3.05. The van der Waals surface area contributed by atoms with Crippen molar-refractivity contribution in [2.75, 3.05) is 36.5 Å². The molecule has 1 saturated heterocycles. The molecule has 0 radical (unpaired) electrons. The van der Waals surface area contributed by atoms with Crippen molar-refractivity contribution in [2.24, 2.45) is 0 Å². The molecule has 1 fully saturated rings. The van der Waals surface area contributed by atoms with E-state index in [-0.39, 0.29) is 23.1 Å². The molecule has 1 aromatic carbocycles. The first-order valence-electron chi connectivity index (χ1n) is 9.33. The lowest BCUT2D eigenvalue weighted by Crippen LogP contribution is -2.53. The highest BCUT2D eigenvalue weighted by Gasteiger charge is 2.28. The van der Waals surface area contributed by atoms with E-state index in [1.807, 2.05) is 31.2 Å². The van der Waals surface area contributed by atoms with Gasteiger partial charge >= 0.3 is 0 Å². The lowest BCUT2D eigenvalue weighted by Gasteiger charge is -2.41. The normalized spacial score (nSPS) is 15.5. The van der Waals surface area contributed by atoms with Gasteiger partial charge in [-0.2, -0.15) is 0 Å². The predicted molar refractivity (Wildman–Crippen MR) is 110 cm³/mol. The van der Waals surface area contributed by atoms with Crippen LogP contribution in [0.3, 0.4) is 0 Å². The molecule has 2 rings (SSSR count). The minimum Gasteiger partial charge on any atom is -0.354 e. The van der Waals surface area contributed by atoms with Crippen molar-refractivity contribution >= 4 is 29.3 Å². The number of rotatable bonds is 8. The van der Waals surface area contributed by atoms with Gasteiger partial charge in [-0.15, -0.1) is 11.8 Å². The van der Waals surface area contributed by atoms with Crippen molar-refractivity contribution in [3.63, 3.8) is 0 Å². The highest BCUT2D eigenvalue weighted by Crippen LogP contribution is 2.19. The number of likely N-dealkylation sites (tertiary alicyclic amines) is 1. The molecule has 0 aromatic heterocycles. The smallest absolute Gasteiger partial charge is 0.234 e. The first kappa shape index (κ1) is 20.8. The summed E-state index contributed by atoms with van der Waals surface area (Å²) in [5.74, 6) is 0.485. The molecule has 2 N–H and O–H groups in total. The number of benzene rings is 1. The standard InChI is InChI=1S/C20H31N3O2S/c1-16-8-7-9-17(12-16)22-19(25)14-26-13-18(24)21-15-20(2,3)23-10-5-4-6-11-23/h7-9,12H,4-6,10-11,13-15H2,1-3H3,(H,21,24)(H,22,25). The van der Waals surface area contributed by atoms with Gasteiger partial charge in [-0.25, -0.2) is 0 Å². The van der Waals surface area contributed by atoms with Gasteiger partial charge in [-0.1, -0.05) is 18.6 Å². The Hall–Kier alpha value is -1.53. The van der Waals surface area contributed by atoms with Gasteiger partial charge in [0.25, 0.3) is 0 Å². The van der Waals surface area contributed by atoms with Crippen LogP contribution in [0.5, 0.6) is 0 Å². The summed E-state index contributed by atoms with van der Waals surface area (Å²) < 4.78 is 0. The lowest BCUT2D eigenvalue weighted by molar-refractivity contribution is -0.119. The van der Waals surface area contributed by atoms with Gasteiger partial charge in [0.2, 0.25) is 11.8 Å². The van der Waals surface area contributed by atoms with Crippen molar-refractivity contribution in [3.8, 4) is 0 Å². The topological polar surface area (TPSA) is 61.4 Å². The van der Waals surface area contributed by atoms with Gasteiger partial charge in [-0.05, 0) is 64.4 Å². The molecular formula is C20H31N3O2S. The number of amides is 2. The van der Waals surface area contributed by atoms with Crippen LogP contribution >= 0.6 is 11.8 Å². The SMILES string of the molecule is Cc1cccc(NC(=O)CSCC(=O)NCC(C)(C)N2CCCCC2)c1. The Morgan fingerprint density at radius 3 is 2.50 bits per heavy atom. The van der Waals surface area contributed by atoms with Crippen LogP contribution in [0.1, 0.15) is 38.7 Å². The molecule has 1 aliphatic heterocycles. The average Bonchev–Trinajstić information content (AvgIpc) is 2.61. The van der Waals surface area contributed by atoms with E-state index < -0.39 is 0 Å². The fraction of sp³-hybridized carbons (Fsp3) is 0.600. The number of piperidine rings is 1. The van der Waals surface area contributed by atoms with E-state index in [1.54, 1.807) is 0 Å². The van der Waals surface area contributed by atoms with Crippen LogP contribution in [-0.2, 0) is 9.59 Å². The van der Waals surface area contributed by atoms with Crippen LogP contribution in [0.2, 0.25) is 0 Å². The van der Waals surface area contributed by atoms with E-state index in [9.17, 15) is 9.59 Å². The maximum Gasteiger partial charge on any atom is 0.234 e. The number of carbonyl (C=O) groups excluding carboxylic acids is 2. The third-order valence-electron chi connectivity index (χ3n) is 4.70. The third-order valence-corrected chi connectivity index (χ3v) is 5.63. The molecule has 5 nitrogen and oxygen atoms in total. The maximum absolute atomic E-state index is 12.1. The van der Waals surface area contributed by atoms with Gasteiger partial charge in [0.1, 0.15) is 0 Å². The van der Waals surface area contributed by atoms with E-state index >= 15 is 0 Å². The second-order valence-corrected chi connectivity index (χ2v) is 8.53. The Morgan fingerprint density at radius 1 is 1.12 bits per heavy atom. The fourth-order valence-electron chi connectivity index (χ4n) is 3.13. The first-order valence-corrected chi connectivity index (χ1v) is 10.5. The van der Waals surface area contributed by atoms with Gasteiger partial charge < -0.3 is 10.6 Å². The number of hydrogen-bond donors (Lipinski definition) is 2. The summed E-state index contributed by atoms with van der Waals surface area (Å²) in [6.07, 6.45) is 3.78. The van der Waals surface area contributed by atoms with Crippen molar-refractivity contribution in [3.05, 3.63) is 29.8 Å². The minimum atomic E-state index is -0.0814. The zero-order valence-corrected chi connectivity index (χ0v) is 17.0. The Labute approximate surface area is 161 Å². The van der Waals surface area contributed by atoms with Crippen LogP contribution in [0.4, 0.5) is 5.69 Å². The van der Waals surface area contributed by atoms with Crippen molar-refractivity contribution in [1.29, 1.82) is 0 Å². The van der Waals surface area contributed by atoms with Gasteiger partial charge in [0.15, 0.2) is 0 Å². The van der Waals surface area contributed by atoms with Crippen LogP contribution in [0.25, 0.3) is 0 Å². The summed E-state index contributed by atoms with van der Waals surface area (Å²) in [7, 11) is 0. The van der Waals surface area contributed by atoms with E-state index in [1.165, 1.54) is 31.0 Å². The van der Waals surface area contributed by atoms with E-state index in [4.69, 9.17) is 0 Å². The molecule has 6 heteroatoms. The van der Waals surface area contributed by atoms with Gasteiger partial charge in [0.05, 0.1) is 11.5 Å². The van der Waals surface area contributed by atoms with Crippen molar-refractivity contribution < 1.29 is 9.59 Å². The number of nitrogens with zero attached hydrogens (tertiary/aromatic N) is 1. The summed E-state index contributed by atoms with van der Waals surface area (Å²) in [6, 6.07) is 7.69. The molecule has 1 aromatic rings. The van der Waals surface area contributed by atoms with Crippen LogP contribution in [0, 0.1) is 6.92 Å². The summed E-state index contributed by atoms with van der Waals surface area (Å²) in [6.45, 7) is 9.21. The molecule has 144 valence electrons. The Bertz CT molecular complexity index is 613. The van der Waals surface area contributed by atoms with E-state index in [0.29, 0.717) is 12.3 Å². The number of aryl methyl sites for hydroxylation is 1. The van der Waals surface area contributed by atoms with Gasteiger partial charge in [0, 0.05) is 17.8 Å². The third kappa shape index (κ3) is 7.00. The number of carbonyl (C=O) groups is 2. The molecule has 0 spiro atoms. The fourth-order valence-corrected chi connectivity index (χ4v) is 3.78. The van der Waals surface area contributed by atoms with E-state index in [2.05, 4.69) is 29.4 Å². The second-order valence-electron chi connectivity index (χ2n) is 7.55. The zero-order valence-electron chi connectivity index (χ0n) is 16.1. The molecule has 2 amide bonds. The minimum absolute atomic E-state index is 0.0107. The highest BCUT2D eigenvalue weighted by atomic mass is 32.2. The number of thioether (sulfide) groups is 1. The number of hydrogen-bond acceptors (Lipinski definition) is 4. The molecule has 0 unspecified atom stereocenters. The lowest BCUT2D eigenvalue weighted by atomic mass is 9.98. The molecular weight excluding hydrogens is 346 g/mol. The second kappa shape index (κ2) is 9.97. The Morgan fingerprint density at radius 2 is 1.81 bits per heavy atom. The van der Waals surface area contributed by atoms with Crippen LogP contribution < -0.4 is 10.6 Å². The largest absolute Gasteiger partial charge is 0.354 e. The average molecular weight is 378 g/mol. The Balaban J connectivity index is 1.64. The quantitative estimate of drug-likeness (QED) is 0.731. The van der Waals surface area contributed by atoms with E-state index in [0.717, 1.165) is 24.3 Å². The Kier molecular flexibility index (Phi) is 7.97. The monoisotopic (exact) mass is 377 g/mol. The molecule has 1 aliphatic rings. The molecule has 1 heterocycles. The summed E-state index contributed by atoms with van der Waals surface area (Å²) in [5.41, 5.74) is 1.87. The summed E-state index contributed by atoms with van der Waals surface area (Å²) >= 11 is 1.34. The van der Waals surface area contributed by atoms with Gasteiger partial charge in [-0.3, -0.25) is 14.5 Å². The highest BCUT2D eigenvalue weighted by molar-refractivity contribution is 8.00. The van der Waals surface area contributed by atoms with Crippen molar-refractivity contribution in [1.82, 2.24) is 10.2 Å². The number of nitrogens with one attached hydrogen (secondary N) is 2. The molecule has 0 atom stereocenters. The van der Waals surface area contributed by atoms with Crippen LogP contribution in [0.15, 0.2) is 24.3 Å². The molecule has 0 aliphatic carbocycles. The molecule has 0 saturated carbocycles. The summed E-state index contributed by atoms with van der Waals surface area (Å²) in [4.78, 5) is 26.5. The van der Waals surface area contributed by atoms with Crippen molar-refractivity contribution in [2.45, 2.75) is 45.6 Å². The van der Waals surface area contributed by atoms with Crippen LogP contribution in [-0.4, -0.2) is 53.4 Å². The summed E-state index contributed by atoms with van der Waals surface area (Å²) in [5, 5.41) is 5.88. The maximum atomic E-state index is 12.1.